The highest BCUT2D eigenvalue weighted by Crippen LogP contribution is 2.24. The van der Waals surface area contributed by atoms with Crippen LogP contribution in [0.4, 0.5) is 14.5 Å². The summed E-state index contributed by atoms with van der Waals surface area (Å²) in [6.45, 7) is 1.73. The topological polar surface area (TPSA) is 69.8 Å². The lowest BCUT2D eigenvalue weighted by atomic mass is 9.97. The Morgan fingerprint density at radius 2 is 1.77 bits per heavy atom. The van der Waals surface area contributed by atoms with E-state index in [0.717, 1.165) is 43.6 Å². The highest BCUT2D eigenvalue weighted by atomic mass is 19.2. The highest BCUT2D eigenvalue weighted by Gasteiger charge is 2.20. The van der Waals surface area contributed by atoms with Crippen molar-refractivity contribution in [3.05, 3.63) is 48.0 Å². The second-order valence-electron chi connectivity index (χ2n) is 6.46. The predicted molar refractivity (Wildman–Crippen MR) is 95.7 cm³/mol. The third kappa shape index (κ3) is 3.30. The van der Waals surface area contributed by atoms with Crippen LogP contribution in [0.15, 0.2) is 36.4 Å². The first kappa shape index (κ1) is 16.7. The summed E-state index contributed by atoms with van der Waals surface area (Å²) in [5.41, 5.74) is 2.27. The van der Waals surface area contributed by atoms with Crippen LogP contribution < -0.4 is 10.6 Å². The van der Waals surface area contributed by atoms with E-state index in [1.54, 1.807) is 12.1 Å². The number of fused-ring (bicyclic) bond motifs is 1. The molecule has 26 heavy (non-hydrogen) atoms. The molecule has 0 saturated carbocycles. The molecule has 1 aliphatic heterocycles. The van der Waals surface area contributed by atoms with Crippen LogP contribution in [0.2, 0.25) is 0 Å². The van der Waals surface area contributed by atoms with Crippen LogP contribution >= 0.6 is 0 Å². The van der Waals surface area contributed by atoms with Crippen LogP contribution in [0.5, 0.6) is 0 Å². The van der Waals surface area contributed by atoms with Crippen molar-refractivity contribution >= 4 is 22.6 Å². The second kappa shape index (κ2) is 6.84. The van der Waals surface area contributed by atoms with E-state index in [2.05, 4.69) is 20.6 Å². The molecule has 0 spiro atoms. The Morgan fingerprint density at radius 1 is 1.08 bits per heavy atom. The first-order valence-electron chi connectivity index (χ1n) is 8.57. The number of carbonyl (C=O) groups is 1. The zero-order valence-electron chi connectivity index (χ0n) is 14.0. The first-order valence-corrected chi connectivity index (χ1v) is 8.57. The molecule has 2 heterocycles. The van der Waals surface area contributed by atoms with Gasteiger partial charge in [0.05, 0.1) is 11.0 Å². The maximum atomic E-state index is 13.3. The molecule has 134 valence electrons. The van der Waals surface area contributed by atoms with E-state index >= 15 is 0 Å². The van der Waals surface area contributed by atoms with Gasteiger partial charge in [-0.15, -0.1) is 0 Å². The quantitative estimate of drug-likeness (QED) is 0.673. The van der Waals surface area contributed by atoms with Crippen molar-refractivity contribution in [1.82, 2.24) is 15.3 Å². The average Bonchev–Trinajstić information content (AvgIpc) is 3.06. The minimum absolute atomic E-state index is 0.0361. The summed E-state index contributed by atoms with van der Waals surface area (Å²) in [5.74, 6) is -1.25. The third-order valence-corrected chi connectivity index (χ3v) is 4.66. The predicted octanol–water partition coefficient (Wildman–Crippen LogP) is 3.45. The number of piperidine rings is 1. The Kier molecular flexibility index (Phi) is 4.38. The van der Waals surface area contributed by atoms with E-state index in [4.69, 9.17) is 0 Å². The molecule has 3 aromatic rings. The summed E-state index contributed by atoms with van der Waals surface area (Å²) >= 11 is 0. The Hall–Kier alpha value is -2.80. The van der Waals surface area contributed by atoms with E-state index in [-0.39, 0.29) is 11.8 Å². The molecular formula is C19H18F2N4O. The van der Waals surface area contributed by atoms with Crippen LogP contribution in [0, 0.1) is 17.6 Å². The molecule has 1 aromatic heterocycles. The highest BCUT2D eigenvalue weighted by molar-refractivity contribution is 5.93. The van der Waals surface area contributed by atoms with Crippen molar-refractivity contribution in [2.24, 2.45) is 5.92 Å². The SMILES string of the molecule is O=C(Nc1ccc(-c2nc3cc(F)c(F)cc3[nH]2)cc1)C1CCNCC1. The van der Waals surface area contributed by atoms with Crippen LogP contribution in [-0.2, 0) is 4.79 Å². The fourth-order valence-corrected chi connectivity index (χ4v) is 3.18. The summed E-state index contributed by atoms with van der Waals surface area (Å²) in [6.07, 6.45) is 1.69. The molecule has 1 amide bonds. The Morgan fingerprint density at radius 3 is 2.50 bits per heavy atom. The van der Waals surface area contributed by atoms with Crippen molar-refractivity contribution in [3.8, 4) is 11.4 Å². The van der Waals surface area contributed by atoms with Crippen LogP contribution in [-0.4, -0.2) is 29.0 Å². The van der Waals surface area contributed by atoms with Gasteiger partial charge in [-0.2, -0.15) is 0 Å². The molecule has 0 radical (unpaired) electrons. The molecule has 7 heteroatoms. The lowest BCUT2D eigenvalue weighted by Gasteiger charge is -2.21. The number of aromatic nitrogens is 2. The van der Waals surface area contributed by atoms with Crippen molar-refractivity contribution in [2.45, 2.75) is 12.8 Å². The maximum Gasteiger partial charge on any atom is 0.227 e. The lowest BCUT2D eigenvalue weighted by molar-refractivity contribution is -0.120. The third-order valence-electron chi connectivity index (χ3n) is 4.66. The van der Waals surface area contributed by atoms with Gasteiger partial charge in [-0.3, -0.25) is 4.79 Å². The molecule has 0 bridgehead atoms. The minimum atomic E-state index is -0.925. The number of aromatic amines is 1. The number of hydrogen-bond acceptors (Lipinski definition) is 3. The lowest BCUT2D eigenvalue weighted by Crippen LogP contribution is -2.34. The van der Waals surface area contributed by atoms with Gasteiger partial charge in [-0.1, -0.05) is 0 Å². The molecule has 0 aliphatic carbocycles. The summed E-state index contributed by atoms with van der Waals surface area (Å²) in [6, 6.07) is 9.36. The van der Waals surface area contributed by atoms with Crippen LogP contribution in [0.25, 0.3) is 22.4 Å². The largest absolute Gasteiger partial charge is 0.338 e. The molecule has 1 aliphatic rings. The Bertz CT molecular complexity index is 907. The maximum absolute atomic E-state index is 13.3. The van der Waals surface area contributed by atoms with Crippen LogP contribution in [0.1, 0.15) is 12.8 Å². The van der Waals surface area contributed by atoms with E-state index in [1.165, 1.54) is 0 Å². The zero-order chi connectivity index (χ0) is 18.1. The Labute approximate surface area is 148 Å². The fraction of sp³-hybridized carbons (Fsp3) is 0.263. The van der Waals surface area contributed by atoms with Gasteiger partial charge < -0.3 is 15.6 Å². The standard InChI is InChI=1S/C19H18F2N4O/c20-14-9-16-17(10-15(14)21)25-18(24-16)11-1-3-13(4-2-11)23-19(26)12-5-7-22-8-6-12/h1-4,9-10,12,22H,5-8H2,(H,23,26)(H,24,25). The first-order chi connectivity index (χ1) is 12.6. The number of nitrogens with zero attached hydrogens (tertiary/aromatic N) is 1. The number of amides is 1. The number of carbonyl (C=O) groups excluding carboxylic acids is 1. The van der Waals surface area contributed by atoms with E-state index in [0.29, 0.717) is 22.5 Å². The van der Waals surface area contributed by atoms with Gasteiger partial charge in [0.15, 0.2) is 11.6 Å². The zero-order valence-corrected chi connectivity index (χ0v) is 14.0. The number of benzene rings is 2. The minimum Gasteiger partial charge on any atom is -0.338 e. The van der Waals surface area contributed by atoms with Crippen molar-refractivity contribution in [2.75, 3.05) is 18.4 Å². The van der Waals surface area contributed by atoms with Crippen LogP contribution in [0.3, 0.4) is 0 Å². The fourth-order valence-electron chi connectivity index (χ4n) is 3.18. The van der Waals surface area contributed by atoms with Gasteiger partial charge in [0, 0.05) is 29.3 Å². The number of anilines is 1. The van der Waals surface area contributed by atoms with Gasteiger partial charge in [0.25, 0.3) is 0 Å². The van der Waals surface area contributed by atoms with E-state index in [9.17, 15) is 13.6 Å². The Balaban J connectivity index is 1.51. The molecule has 4 rings (SSSR count). The molecular weight excluding hydrogens is 338 g/mol. The van der Waals surface area contributed by atoms with Gasteiger partial charge in [0.1, 0.15) is 5.82 Å². The van der Waals surface area contributed by atoms with E-state index < -0.39 is 11.6 Å². The van der Waals surface area contributed by atoms with Gasteiger partial charge in [0.2, 0.25) is 5.91 Å². The number of hydrogen-bond donors (Lipinski definition) is 3. The van der Waals surface area contributed by atoms with Crippen molar-refractivity contribution in [1.29, 1.82) is 0 Å². The molecule has 5 nitrogen and oxygen atoms in total. The molecule has 2 aromatic carbocycles. The molecule has 1 fully saturated rings. The number of nitrogens with one attached hydrogen (secondary N) is 3. The number of imidazole rings is 1. The summed E-state index contributed by atoms with van der Waals surface area (Å²) < 4.78 is 26.6. The number of halogens is 2. The van der Waals surface area contributed by atoms with Gasteiger partial charge in [-0.25, -0.2) is 13.8 Å². The smallest absolute Gasteiger partial charge is 0.227 e. The van der Waals surface area contributed by atoms with Crippen molar-refractivity contribution < 1.29 is 13.6 Å². The molecule has 0 unspecified atom stereocenters. The number of rotatable bonds is 3. The van der Waals surface area contributed by atoms with E-state index in [1.807, 2.05) is 12.1 Å². The monoisotopic (exact) mass is 356 g/mol. The van der Waals surface area contributed by atoms with Gasteiger partial charge >= 0.3 is 0 Å². The average molecular weight is 356 g/mol. The summed E-state index contributed by atoms with van der Waals surface area (Å²) in [4.78, 5) is 19.5. The normalized spacial score (nSPS) is 15.3. The molecule has 3 N–H and O–H groups in total. The molecule has 1 saturated heterocycles. The summed E-state index contributed by atoms with van der Waals surface area (Å²) in [5, 5.41) is 6.17. The molecule has 0 atom stereocenters. The second-order valence-corrected chi connectivity index (χ2v) is 6.46. The number of H-pyrrole nitrogens is 1. The van der Waals surface area contributed by atoms with Crippen molar-refractivity contribution in [3.63, 3.8) is 0 Å². The van der Waals surface area contributed by atoms with Gasteiger partial charge in [-0.05, 0) is 50.2 Å². The summed E-state index contributed by atoms with van der Waals surface area (Å²) in [7, 11) is 0.